The van der Waals surface area contributed by atoms with Gasteiger partial charge in [0.05, 0.1) is 18.8 Å². The Bertz CT molecular complexity index is 700. The van der Waals surface area contributed by atoms with E-state index in [4.69, 9.17) is 9.15 Å². The summed E-state index contributed by atoms with van der Waals surface area (Å²) in [5.74, 6) is 3.59. The number of oxazole rings is 1. The Hall–Kier alpha value is -2.57. The van der Waals surface area contributed by atoms with Gasteiger partial charge in [0.15, 0.2) is 5.96 Å². The molecule has 7 nitrogen and oxygen atoms in total. The Morgan fingerprint density at radius 2 is 2.08 bits per heavy atom. The molecule has 0 unspecified atom stereocenters. The predicted octanol–water partition coefficient (Wildman–Crippen LogP) is 2.34. The van der Waals surface area contributed by atoms with Gasteiger partial charge in [0.25, 0.3) is 0 Å². The van der Waals surface area contributed by atoms with Crippen LogP contribution in [0.25, 0.3) is 0 Å². The molecule has 1 aliphatic carbocycles. The van der Waals surface area contributed by atoms with Gasteiger partial charge in [-0.05, 0) is 38.2 Å². The lowest BCUT2D eigenvalue weighted by Gasteiger charge is -2.11. The number of ether oxygens (including phenoxy) is 1. The summed E-state index contributed by atoms with van der Waals surface area (Å²) < 4.78 is 11.2. The maximum Gasteiger partial charge on any atom is 0.214 e. The highest BCUT2D eigenvalue weighted by atomic mass is 16.5. The minimum absolute atomic E-state index is 0.487. The van der Waals surface area contributed by atoms with Gasteiger partial charge in [-0.2, -0.15) is 0 Å². The second-order valence-corrected chi connectivity index (χ2v) is 6.29. The number of hydrogen-bond donors (Lipinski definition) is 2. The SMILES string of the molecule is CN=C(NCc1ccc(OCC2CC2)nc1)NCc1nc(C)c(C)o1. The first kappa shape index (κ1) is 17.3. The molecule has 134 valence electrons. The average Bonchev–Trinajstić information content (AvgIpc) is 3.39. The van der Waals surface area contributed by atoms with Crippen LogP contribution in [0.3, 0.4) is 0 Å². The fraction of sp³-hybridized carbons (Fsp3) is 0.500. The zero-order chi connectivity index (χ0) is 17.6. The molecule has 0 atom stereocenters. The van der Waals surface area contributed by atoms with Crippen LogP contribution < -0.4 is 15.4 Å². The molecule has 2 aromatic rings. The molecule has 0 radical (unpaired) electrons. The monoisotopic (exact) mass is 343 g/mol. The summed E-state index contributed by atoms with van der Waals surface area (Å²) in [4.78, 5) is 12.9. The van der Waals surface area contributed by atoms with E-state index in [9.17, 15) is 0 Å². The quantitative estimate of drug-likeness (QED) is 0.593. The lowest BCUT2D eigenvalue weighted by atomic mass is 10.3. The molecular weight excluding hydrogens is 318 g/mol. The van der Waals surface area contributed by atoms with E-state index >= 15 is 0 Å². The van der Waals surface area contributed by atoms with Gasteiger partial charge in [-0.1, -0.05) is 6.07 Å². The Labute approximate surface area is 147 Å². The Morgan fingerprint density at radius 3 is 2.68 bits per heavy atom. The smallest absolute Gasteiger partial charge is 0.214 e. The van der Waals surface area contributed by atoms with Crippen molar-refractivity contribution in [1.29, 1.82) is 0 Å². The standard InChI is InChI=1S/C18H25N5O2/c1-12-13(2)25-17(23-12)10-22-18(19-3)21-9-15-6-7-16(20-8-15)24-11-14-4-5-14/h6-8,14H,4-5,9-11H2,1-3H3,(H2,19,21,22). The van der Waals surface area contributed by atoms with Crippen molar-refractivity contribution in [3.8, 4) is 5.88 Å². The van der Waals surface area contributed by atoms with E-state index in [0.29, 0.717) is 30.8 Å². The minimum atomic E-state index is 0.487. The maximum absolute atomic E-state index is 5.65. The van der Waals surface area contributed by atoms with Gasteiger partial charge >= 0.3 is 0 Å². The van der Waals surface area contributed by atoms with Crippen molar-refractivity contribution in [2.45, 2.75) is 39.8 Å². The van der Waals surface area contributed by atoms with Gasteiger partial charge in [-0.25, -0.2) is 9.97 Å². The molecular formula is C18H25N5O2. The lowest BCUT2D eigenvalue weighted by Crippen LogP contribution is -2.36. The average molecular weight is 343 g/mol. The highest BCUT2D eigenvalue weighted by Crippen LogP contribution is 2.29. The van der Waals surface area contributed by atoms with Gasteiger partial charge < -0.3 is 19.8 Å². The number of aliphatic imine (C=N–C) groups is 1. The topological polar surface area (TPSA) is 84.6 Å². The number of nitrogens with one attached hydrogen (secondary N) is 2. The van der Waals surface area contributed by atoms with Crippen molar-refractivity contribution in [3.05, 3.63) is 41.2 Å². The number of guanidine groups is 1. The Balaban J connectivity index is 1.43. The molecule has 0 aliphatic heterocycles. The van der Waals surface area contributed by atoms with E-state index in [0.717, 1.165) is 29.5 Å². The van der Waals surface area contributed by atoms with Gasteiger partial charge in [0.1, 0.15) is 5.76 Å². The van der Waals surface area contributed by atoms with Crippen LogP contribution in [0.2, 0.25) is 0 Å². The third kappa shape index (κ3) is 5.20. The number of aromatic nitrogens is 2. The van der Waals surface area contributed by atoms with Crippen molar-refractivity contribution >= 4 is 5.96 Å². The van der Waals surface area contributed by atoms with E-state index < -0.39 is 0 Å². The molecule has 3 rings (SSSR count). The second-order valence-electron chi connectivity index (χ2n) is 6.29. The van der Waals surface area contributed by atoms with Gasteiger partial charge in [-0.15, -0.1) is 0 Å². The van der Waals surface area contributed by atoms with Crippen LogP contribution >= 0.6 is 0 Å². The summed E-state index contributed by atoms with van der Waals surface area (Å²) in [6, 6.07) is 3.92. The Kier molecular flexibility index (Phi) is 5.53. The number of pyridine rings is 1. The second kappa shape index (κ2) is 8.00. The highest BCUT2D eigenvalue weighted by Gasteiger charge is 2.22. The van der Waals surface area contributed by atoms with Crippen LogP contribution in [0.1, 0.15) is 35.7 Å². The minimum Gasteiger partial charge on any atom is -0.477 e. The fourth-order valence-corrected chi connectivity index (χ4v) is 2.27. The third-order valence-corrected chi connectivity index (χ3v) is 4.12. The fourth-order valence-electron chi connectivity index (χ4n) is 2.27. The molecule has 0 amide bonds. The van der Waals surface area contributed by atoms with Gasteiger partial charge in [-0.3, -0.25) is 4.99 Å². The van der Waals surface area contributed by atoms with Crippen LogP contribution in [-0.2, 0) is 13.1 Å². The maximum atomic E-state index is 5.65. The summed E-state index contributed by atoms with van der Waals surface area (Å²) in [5, 5.41) is 6.43. The molecule has 7 heteroatoms. The molecule has 1 aliphatic rings. The van der Waals surface area contributed by atoms with Crippen LogP contribution in [0.15, 0.2) is 27.7 Å². The van der Waals surface area contributed by atoms with E-state index in [1.54, 1.807) is 7.05 Å². The van der Waals surface area contributed by atoms with E-state index in [-0.39, 0.29) is 0 Å². The summed E-state index contributed by atoms with van der Waals surface area (Å²) in [6.07, 6.45) is 4.38. The van der Waals surface area contributed by atoms with Crippen LogP contribution in [0.4, 0.5) is 0 Å². The number of aryl methyl sites for hydroxylation is 2. The van der Waals surface area contributed by atoms with Crippen LogP contribution in [0.5, 0.6) is 5.88 Å². The first-order valence-electron chi connectivity index (χ1n) is 8.59. The molecule has 0 saturated heterocycles. The highest BCUT2D eigenvalue weighted by molar-refractivity contribution is 5.79. The van der Waals surface area contributed by atoms with Crippen molar-refractivity contribution in [1.82, 2.24) is 20.6 Å². The summed E-state index contributed by atoms with van der Waals surface area (Å²) in [5.41, 5.74) is 1.97. The molecule has 2 heterocycles. The van der Waals surface area contributed by atoms with E-state index in [1.807, 2.05) is 32.2 Å². The first-order chi connectivity index (χ1) is 12.1. The van der Waals surface area contributed by atoms with Crippen LogP contribution in [0, 0.1) is 19.8 Å². The number of nitrogens with zero attached hydrogens (tertiary/aromatic N) is 3. The van der Waals surface area contributed by atoms with Crippen molar-refractivity contribution in [2.75, 3.05) is 13.7 Å². The summed E-state index contributed by atoms with van der Waals surface area (Å²) in [6.45, 7) is 5.73. The zero-order valence-corrected chi connectivity index (χ0v) is 15.0. The van der Waals surface area contributed by atoms with Crippen molar-refractivity contribution in [3.63, 3.8) is 0 Å². The Morgan fingerprint density at radius 1 is 1.28 bits per heavy atom. The molecule has 25 heavy (non-hydrogen) atoms. The molecule has 0 bridgehead atoms. The van der Waals surface area contributed by atoms with E-state index in [1.165, 1.54) is 12.8 Å². The normalized spacial score (nSPS) is 14.4. The first-order valence-corrected chi connectivity index (χ1v) is 8.59. The number of rotatable bonds is 7. The van der Waals surface area contributed by atoms with Gasteiger partial charge in [0, 0.05) is 25.9 Å². The molecule has 2 N–H and O–H groups in total. The van der Waals surface area contributed by atoms with Gasteiger partial charge in [0.2, 0.25) is 11.8 Å². The molecule has 1 saturated carbocycles. The summed E-state index contributed by atoms with van der Waals surface area (Å²) >= 11 is 0. The molecule has 0 spiro atoms. The molecule has 1 fully saturated rings. The summed E-state index contributed by atoms with van der Waals surface area (Å²) in [7, 11) is 1.73. The predicted molar refractivity (Wildman–Crippen MR) is 95.5 cm³/mol. The third-order valence-electron chi connectivity index (χ3n) is 4.12. The molecule has 0 aromatic carbocycles. The zero-order valence-electron chi connectivity index (χ0n) is 15.0. The molecule has 2 aromatic heterocycles. The largest absolute Gasteiger partial charge is 0.477 e. The number of hydrogen-bond acceptors (Lipinski definition) is 5. The van der Waals surface area contributed by atoms with Crippen LogP contribution in [-0.4, -0.2) is 29.6 Å². The van der Waals surface area contributed by atoms with E-state index in [2.05, 4.69) is 25.6 Å². The lowest BCUT2D eigenvalue weighted by molar-refractivity contribution is 0.288. The van der Waals surface area contributed by atoms with Crippen molar-refractivity contribution < 1.29 is 9.15 Å². The van der Waals surface area contributed by atoms with Crippen molar-refractivity contribution in [2.24, 2.45) is 10.9 Å².